The molecule has 0 spiro atoms. The van der Waals surface area contributed by atoms with Crippen LogP contribution in [0.25, 0.3) is 0 Å². The van der Waals surface area contributed by atoms with E-state index in [9.17, 15) is 23.3 Å². The molecule has 3 rings (SSSR count). The van der Waals surface area contributed by atoms with E-state index >= 15 is 0 Å². The first-order valence-corrected chi connectivity index (χ1v) is 10.7. The second-order valence-electron chi connectivity index (χ2n) is 7.10. The number of hydrogen-bond donors (Lipinski definition) is 0. The molecule has 150 valence electrons. The molecule has 0 aliphatic carbocycles. The molecule has 1 amide bonds. The van der Waals surface area contributed by atoms with Crippen molar-refractivity contribution in [1.29, 1.82) is 0 Å². The Bertz CT molecular complexity index is 1030. The number of hydrogen-bond acceptors (Lipinski definition) is 6. The van der Waals surface area contributed by atoms with Gasteiger partial charge in [0, 0.05) is 18.7 Å². The average molecular weight is 406 g/mol. The molecule has 0 saturated carbocycles. The van der Waals surface area contributed by atoms with Gasteiger partial charge >= 0.3 is 5.69 Å². The summed E-state index contributed by atoms with van der Waals surface area (Å²) in [5.41, 5.74) is 2.17. The van der Waals surface area contributed by atoms with Crippen LogP contribution in [0.1, 0.15) is 33.7 Å². The second kappa shape index (κ2) is 7.34. The molecule has 10 heteroatoms. The van der Waals surface area contributed by atoms with Crippen LogP contribution in [0.15, 0.2) is 24.3 Å². The number of sulfone groups is 1. The molecule has 0 N–H and O–H groups in total. The molecule has 0 bridgehead atoms. The number of rotatable bonds is 5. The van der Waals surface area contributed by atoms with E-state index in [0.29, 0.717) is 29.9 Å². The summed E-state index contributed by atoms with van der Waals surface area (Å²) in [6, 6.07) is 6.60. The smallest absolute Gasteiger partial charge is 0.312 e. The van der Waals surface area contributed by atoms with Crippen molar-refractivity contribution in [3.8, 4) is 0 Å². The highest BCUT2D eigenvalue weighted by Crippen LogP contribution is 2.23. The zero-order valence-corrected chi connectivity index (χ0v) is 16.8. The summed E-state index contributed by atoms with van der Waals surface area (Å²) >= 11 is 0. The third-order valence-corrected chi connectivity index (χ3v) is 6.89. The lowest BCUT2D eigenvalue weighted by atomic mass is 10.1. The predicted octanol–water partition coefficient (Wildman–Crippen LogP) is 1.72. The Hall–Kier alpha value is -2.75. The maximum absolute atomic E-state index is 12.6. The SMILES string of the molecule is Cc1nn(Cc2ccc(C(=O)N(C)C3CCS(=O)(=O)C3)cc2)c(C)c1[N+](=O)[O-]. The number of aryl methyl sites for hydroxylation is 1. The van der Waals surface area contributed by atoms with Crippen molar-refractivity contribution in [3.05, 3.63) is 56.9 Å². The van der Waals surface area contributed by atoms with Crippen LogP contribution in [-0.4, -0.2) is 58.5 Å². The van der Waals surface area contributed by atoms with E-state index in [-0.39, 0.29) is 29.1 Å². The van der Waals surface area contributed by atoms with E-state index in [1.165, 1.54) is 4.90 Å². The zero-order valence-electron chi connectivity index (χ0n) is 16.0. The number of carbonyl (C=O) groups is 1. The molecular formula is C18H22N4O5S. The van der Waals surface area contributed by atoms with Gasteiger partial charge in [0.1, 0.15) is 11.4 Å². The molecular weight excluding hydrogens is 384 g/mol. The van der Waals surface area contributed by atoms with E-state index < -0.39 is 14.8 Å². The van der Waals surface area contributed by atoms with Gasteiger partial charge in [0.25, 0.3) is 5.91 Å². The first-order chi connectivity index (χ1) is 13.1. The fourth-order valence-corrected chi connectivity index (χ4v) is 5.26. The van der Waals surface area contributed by atoms with Crippen molar-refractivity contribution >= 4 is 21.4 Å². The van der Waals surface area contributed by atoms with Gasteiger partial charge in [-0.3, -0.25) is 19.6 Å². The fraction of sp³-hybridized carbons (Fsp3) is 0.444. The standard InChI is InChI=1S/C18H22N4O5S/c1-12-17(22(24)25)13(2)21(19-12)10-14-4-6-15(7-5-14)18(23)20(3)16-8-9-28(26,27)11-16/h4-7,16H,8-11H2,1-3H3. The Morgan fingerprint density at radius 2 is 1.96 bits per heavy atom. The first-order valence-electron chi connectivity index (χ1n) is 8.84. The van der Waals surface area contributed by atoms with Crippen LogP contribution in [0.4, 0.5) is 5.69 Å². The summed E-state index contributed by atoms with van der Waals surface area (Å²) in [5.74, 6) is -0.108. The Morgan fingerprint density at radius 1 is 1.32 bits per heavy atom. The van der Waals surface area contributed by atoms with E-state index in [0.717, 1.165) is 5.56 Å². The Balaban J connectivity index is 1.73. The molecule has 1 aliphatic heterocycles. The van der Waals surface area contributed by atoms with Gasteiger partial charge in [-0.1, -0.05) is 12.1 Å². The highest BCUT2D eigenvalue weighted by molar-refractivity contribution is 7.91. The van der Waals surface area contributed by atoms with Crippen molar-refractivity contribution in [2.45, 2.75) is 32.9 Å². The lowest BCUT2D eigenvalue weighted by molar-refractivity contribution is -0.386. The second-order valence-corrected chi connectivity index (χ2v) is 9.33. The van der Waals surface area contributed by atoms with Gasteiger partial charge in [-0.05, 0) is 38.0 Å². The highest BCUT2D eigenvalue weighted by Gasteiger charge is 2.33. The average Bonchev–Trinajstić information content (AvgIpc) is 3.13. The number of aromatic nitrogens is 2. The summed E-state index contributed by atoms with van der Waals surface area (Å²) in [7, 11) is -1.44. The van der Waals surface area contributed by atoms with Gasteiger partial charge in [0.15, 0.2) is 9.84 Å². The molecule has 1 aliphatic rings. The van der Waals surface area contributed by atoms with Gasteiger partial charge < -0.3 is 4.90 Å². The molecule has 1 atom stereocenters. The van der Waals surface area contributed by atoms with Gasteiger partial charge in [-0.15, -0.1) is 0 Å². The van der Waals surface area contributed by atoms with Crippen LogP contribution >= 0.6 is 0 Å². The van der Waals surface area contributed by atoms with Gasteiger partial charge in [0.2, 0.25) is 0 Å². The number of carbonyl (C=O) groups excluding carboxylic acids is 1. The van der Waals surface area contributed by atoms with Crippen molar-refractivity contribution in [2.24, 2.45) is 0 Å². The van der Waals surface area contributed by atoms with E-state index in [4.69, 9.17) is 0 Å². The van der Waals surface area contributed by atoms with Gasteiger partial charge in [0.05, 0.1) is 23.0 Å². The molecule has 0 radical (unpaired) electrons. The van der Waals surface area contributed by atoms with Crippen molar-refractivity contribution < 1.29 is 18.1 Å². The predicted molar refractivity (Wildman–Crippen MR) is 103 cm³/mol. The van der Waals surface area contributed by atoms with E-state index in [1.54, 1.807) is 49.8 Å². The molecule has 28 heavy (non-hydrogen) atoms. The van der Waals surface area contributed by atoms with Crippen LogP contribution < -0.4 is 0 Å². The maximum Gasteiger partial charge on any atom is 0.312 e. The molecule has 1 unspecified atom stereocenters. The van der Waals surface area contributed by atoms with Crippen LogP contribution in [0.3, 0.4) is 0 Å². The number of amides is 1. The van der Waals surface area contributed by atoms with E-state index in [2.05, 4.69) is 5.10 Å². The highest BCUT2D eigenvalue weighted by atomic mass is 32.2. The largest absolute Gasteiger partial charge is 0.338 e. The van der Waals surface area contributed by atoms with Crippen LogP contribution in [0, 0.1) is 24.0 Å². The quantitative estimate of drug-likeness (QED) is 0.551. The van der Waals surface area contributed by atoms with Crippen LogP contribution in [0.2, 0.25) is 0 Å². The summed E-state index contributed by atoms with van der Waals surface area (Å²) in [5, 5.41) is 15.3. The third-order valence-electron chi connectivity index (χ3n) is 5.14. The Labute approximate surface area is 163 Å². The Kier molecular flexibility index (Phi) is 5.24. The van der Waals surface area contributed by atoms with Crippen LogP contribution in [-0.2, 0) is 16.4 Å². The van der Waals surface area contributed by atoms with Crippen molar-refractivity contribution in [2.75, 3.05) is 18.6 Å². The van der Waals surface area contributed by atoms with E-state index in [1.807, 2.05) is 0 Å². The molecule has 2 aromatic rings. The summed E-state index contributed by atoms with van der Waals surface area (Å²) < 4.78 is 24.8. The molecule has 2 heterocycles. The minimum Gasteiger partial charge on any atom is -0.338 e. The Morgan fingerprint density at radius 3 is 2.46 bits per heavy atom. The lowest BCUT2D eigenvalue weighted by Crippen LogP contribution is -2.37. The van der Waals surface area contributed by atoms with Gasteiger partial charge in [-0.2, -0.15) is 5.10 Å². The molecule has 1 saturated heterocycles. The lowest BCUT2D eigenvalue weighted by Gasteiger charge is -2.23. The number of benzene rings is 1. The normalized spacial score (nSPS) is 18.2. The summed E-state index contributed by atoms with van der Waals surface area (Å²) in [4.78, 5) is 24.8. The third kappa shape index (κ3) is 3.91. The number of nitrogens with zero attached hydrogens (tertiary/aromatic N) is 4. The van der Waals surface area contributed by atoms with Crippen molar-refractivity contribution in [1.82, 2.24) is 14.7 Å². The van der Waals surface area contributed by atoms with Gasteiger partial charge in [-0.25, -0.2) is 8.42 Å². The minimum absolute atomic E-state index is 0.00400. The maximum atomic E-state index is 12.6. The number of nitro groups is 1. The molecule has 1 fully saturated rings. The van der Waals surface area contributed by atoms with Crippen molar-refractivity contribution in [3.63, 3.8) is 0 Å². The minimum atomic E-state index is -3.06. The molecule has 1 aromatic carbocycles. The molecule has 1 aromatic heterocycles. The monoisotopic (exact) mass is 406 g/mol. The van der Waals surface area contributed by atoms with Crippen LogP contribution in [0.5, 0.6) is 0 Å². The summed E-state index contributed by atoms with van der Waals surface area (Å²) in [6.07, 6.45) is 0.458. The molecule has 9 nitrogen and oxygen atoms in total. The first kappa shape index (κ1) is 20.0. The fourth-order valence-electron chi connectivity index (χ4n) is 3.48. The topological polar surface area (TPSA) is 115 Å². The summed E-state index contributed by atoms with van der Waals surface area (Å²) in [6.45, 7) is 3.61. The zero-order chi connectivity index (χ0) is 20.6.